The van der Waals surface area contributed by atoms with Crippen molar-refractivity contribution >= 4 is 29.8 Å². The summed E-state index contributed by atoms with van der Waals surface area (Å²) in [6.45, 7) is 2.99. The van der Waals surface area contributed by atoms with E-state index < -0.39 is 29.9 Å². The summed E-state index contributed by atoms with van der Waals surface area (Å²) in [7, 11) is 2.80. The molecule has 0 aliphatic carbocycles. The highest BCUT2D eigenvalue weighted by Crippen LogP contribution is 2.50. The third kappa shape index (κ3) is 6.70. The number of cyclic esters (lactones) is 1. The number of ether oxygens (including phenoxy) is 5. The molecule has 2 aliphatic heterocycles. The van der Waals surface area contributed by atoms with Crippen LogP contribution in [-0.4, -0.2) is 49.1 Å². The molecule has 4 rings (SSSR count). The first kappa shape index (κ1) is 29.6. The van der Waals surface area contributed by atoms with Gasteiger partial charge in [-0.2, -0.15) is 0 Å². The Balaban J connectivity index is 1.86. The van der Waals surface area contributed by atoms with Crippen LogP contribution in [0.5, 0.6) is 28.7 Å². The lowest BCUT2D eigenvalue weighted by Gasteiger charge is -2.28. The Morgan fingerprint density at radius 3 is 2.37 bits per heavy atom. The molecule has 0 radical (unpaired) electrons. The molecule has 0 saturated carbocycles. The Morgan fingerprint density at radius 2 is 1.71 bits per heavy atom. The minimum atomic E-state index is -0.751. The first-order valence-corrected chi connectivity index (χ1v) is 13.6. The molecule has 41 heavy (non-hydrogen) atoms. The summed E-state index contributed by atoms with van der Waals surface area (Å²) in [5, 5.41) is 11.6. The molecule has 0 aromatic heterocycles. The number of benzene rings is 2. The smallest absolute Gasteiger partial charge is 0.342 e. The summed E-state index contributed by atoms with van der Waals surface area (Å²) in [4.78, 5) is 50.0. The number of aromatic hydroxyl groups is 1. The number of rotatable bonds is 4. The van der Waals surface area contributed by atoms with Crippen molar-refractivity contribution in [1.82, 2.24) is 0 Å². The van der Waals surface area contributed by atoms with Crippen LogP contribution in [0.3, 0.4) is 0 Å². The molecule has 0 amide bonds. The highest BCUT2D eigenvalue weighted by Gasteiger charge is 2.36. The Kier molecular flexibility index (Phi) is 9.31. The number of carbonyl (C=O) groups excluding carboxylic acids is 4. The predicted octanol–water partition coefficient (Wildman–Crippen LogP) is 5.26. The lowest BCUT2D eigenvalue weighted by Crippen LogP contribution is -2.23. The fourth-order valence-electron chi connectivity index (χ4n) is 5.15. The van der Waals surface area contributed by atoms with Crippen molar-refractivity contribution in [1.29, 1.82) is 0 Å². The van der Waals surface area contributed by atoms with Crippen molar-refractivity contribution in [3.63, 3.8) is 0 Å². The number of hydrogen-bond donors (Lipinski definition) is 1. The van der Waals surface area contributed by atoms with Gasteiger partial charge in [0.15, 0.2) is 11.5 Å². The first-order chi connectivity index (χ1) is 19.6. The normalized spacial score (nSPS) is 20.4. The van der Waals surface area contributed by atoms with E-state index in [1.807, 2.05) is 6.08 Å². The molecule has 1 unspecified atom stereocenters. The number of allylic oxidation sites excluding steroid dienone is 1. The second-order valence-electron chi connectivity index (χ2n) is 10.1. The van der Waals surface area contributed by atoms with Gasteiger partial charge in [-0.15, -0.1) is 0 Å². The number of phenols is 1. The van der Waals surface area contributed by atoms with Crippen molar-refractivity contribution in [2.24, 2.45) is 0 Å². The topological polar surface area (TPSA) is 135 Å². The second kappa shape index (κ2) is 12.9. The number of methoxy groups -OCH3 is 2. The Labute approximate surface area is 238 Å². The molecular weight excluding hydrogens is 532 g/mol. The maximum atomic E-state index is 13.4. The number of hydrogen-bond acceptors (Lipinski definition) is 10. The van der Waals surface area contributed by atoms with Crippen molar-refractivity contribution < 1.29 is 48.0 Å². The van der Waals surface area contributed by atoms with E-state index in [2.05, 4.69) is 0 Å². The average molecular weight is 567 g/mol. The van der Waals surface area contributed by atoms with Gasteiger partial charge in [-0.25, -0.2) is 4.79 Å². The van der Waals surface area contributed by atoms with Crippen LogP contribution in [0.1, 0.15) is 91.8 Å². The summed E-state index contributed by atoms with van der Waals surface area (Å²) < 4.78 is 27.4. The van der Waals surface area contributed by atoms with E-state index in [4.69, 9.17) is 23.7 Å². The SMILES string of the molecule is COc1cc(C2CC(=O)Oc3cc4c(c(O)c32)C(=O)O[C@@H](C)CCCC(=O)CCC/C=C/4)cc(OC)c1OC(C)=O. The highest BCUT2D eigenvalue weighted by molar-refractivity contribution is 5.98. The summed E-state index contributed by atoms with van der Waals surface area (Å²) >= 11 is 0. The van der Waals surface area contributed by atoms with Crippen molar-refractivity contribution in [3.05, 3.63) is 46.5 Å². The zero-order valence-electron chi connectivity index (χ0n) is 23.6. The molecular formula is C31H34O10. The third-order valence-electron chi connectivity index (χ3n) is 7.11. The zero-order valence-corrected chi connectivity index (χ0v) is 23.6. The number of Topliss-reactive ketones (excluding diaryl/α,β-unsaturated/α-hetero) is 1. The predicted molar refractivity (Wildman–Crippen MR) is 148 cm³/mol. The quantitative estimate of drug-likeness (QED) is 0.386. The van der Waals surface area contributed by atoms with Gasteiger partial charge in [0.05, 0.1) is 26.7 Å². The lowest BCUT2D eigenvalue weighted by atomic mass is 9.83. The number of ketones is 1. The minimum absolute atomic E-state index is 0.0432. The third-order valence-corrected chi connectivity index (χ3v) is 7.11. The largest absolute Gasteiger partial charge is 0.507 e. The molecule has 2 atom stereocenters. The Hall–Kier alpha value is -4.34. The fourth-order valence-corrected chi connectivity index (χ4v) is 5.15. The van der Waals surface area contributed by atoms with Gasteiger partial charge < -0.3 is 28.8 Å². The van der Waals surface area contributed by atoms with E-state index in [0.29, 0.717) is 49.7 Å². The van der Waals surface area contributed by atoms with E-state index in [9.17, 15) is 24.3 Å². The van der Waals surface area contributed by atoms with Crippen LogP contribution in [0, 0.1) is 0 Å². The molecule has 1 N–H and O–H groups in total. The van der Waals surface area contributed by atoms with Crippen LogP contribution in [0.15, 0.2) is 24.3 Å². The molecule has 0 bridgehead atoms. The van der Waals surface area contributed by atoms with Crippen LogP contribution in [0.4, 0.5) is 0 Å². The zero-order chi connectivity index (χ0) is 29.7. The molecule has 0 spiro atoms. The van der Waals surface area contributed by atoms with Gasteiger partial charge >= 0.3 is 17.9 Å². The highest BCUT2D eigenvalue weighted by atomic mass is 16.6. The van der Waals surface area contributed by atoms with Crippen molar-refractivity contribution in [3.8, 4) is 28.7 Å². The fraction of sp³-hybridized carbons (Fsp3) is 0.419. The van der Waals surface area contributed by atoms with Gasteiger partial charge in [0.1, 0.15) is 22.8 Å². The monoisotopic (exact) mass is 566 g/mol. The summed E-state index contributed by atoms with van der Waals surface area (Å²) in [5.74, 6) is -2.23. The molecule has 10 nitrogen and oxygen atoms in total. The van der Waals surface area contributed by atoms with Gasteiger partial charge in [-0.1, -0.05) is 12.2 Å². The summed E-state index contributed by atoms with van der Waals surface area (Å²) in [6.07, 6.45) is 6.08. The average Bonchev–Trinajstić information content (AvgIpc) is 2.91. The molecule has 0 saturated heterocycles. The van der Waals surface area contributed by atoms with Crippen LogP contribution in [0.2, 0.25) is 0 Å². The first-order valence-electron chi connectivity index (χ1n) is 13.6. The Morgan fingerprint density at radius 1 is 1.02 bits per heavy atom. The van der Waals surface area contributed by atoms with Crippen LogP contribution in [-0.2, 0) is 19.1 Å². The molecule has 10 heteroatoms. The van der Waals surface area contributed by atoms with Gasteiger partial charge in [0, 0.05) is 31.2 Å². The van der Waals surface area contributed by atoms with E-state index in [1.54, 1.807) is 25.1 Å². The van der Waals surface area contributed by atoms with Crippen LogP contribution >= 0.6 is 0 Å². The number of fused-ring (bicyclic) bond motifs is 2. The molecule has 2 aromatic rings. The minimum Gasteiger partial charge on any atom is -0.507 e. The number of carbonyl (C=O) groups is 4. The Bertz CT molecular complexity index is 1360. The number of phenolic OH excluding ortho intramolecular Hbond substituents is 1. The summed E-state index contributed by atoms with van der Waals surface area (Å²) in [6, 6.07) is 4.71. The van der Waals surface area contributed by atoms with Crippen molar-refractivity contribution in [2.45, 2.75) is 70.8 Å². The van der Waals surface area contributed by atoms with E-state index in [-0.39, 0.29) is 52.1 Å². The van der Waals surface area contributed by atoms with E-state index in [1.165, 1.54) is 27.2 Å². The van der Waals surface area contributed by atoms with Crippen LogP contribution in [0.25, 0.3) is 6.08 Å². The molecule has 218 valence electrons. The number of esters is 3. The molecule has 2 aromatic carbocycles. The van der Waals surface area contributed by atoms with Crippen molar-refractivity contribution in [2.75, 3.05) is 14.2 Å². The van der Waals surface area contributed by atoms with E-state index >= 15 is 0 Å². The summed E-state index contributed by atoms with van der Waals surface area (Å²) in [5.41, 5.74) is 1.03. The van der Waals surface area contributed by atoms with E-state index in [0.717, 1.165) is 0 Å². The van der Waals surface area contributed by atoms with Gasteiger partial charge in [0.25, 0.3) is 0 Å². The van der Waals surface area contributed by atoms with Gasteiger partial charge in [-0.3, -0.25) is 14.4 Å². The lowest BCUT2D eigenvalue weighted by molar-refractivity contribution is -0.135. The molecule has 0 fully saturated rings. The maximum Gasteiger partial charge on any atom is 0.342 e. The standard InChI is InChI=1S/C31H34O10/c1-17-9-8-12-21(33)11-7-5-6-10-19-13-23-28(29(35)27(19)31(36)39-17)22(16-26(34)41-23)20-14-24(37-3)30(40-18(2)32)25(15-20)38-4/h6,10,13-15,17,22,35H,5,7-9,11-12,16H2,1-4H3/b10-6+/t17-,22?/m0/s1. The molecule has 2 aliphatic rings. The van der Waals surface area contributed by atoms with Crippen LogP contribution < -0.4 is 18.9 Å². The molecule has 2 heterocycles. The maximum absolute atomic E-state index is 13.4. The van der Waals surface area contributed by atoms with Gasteiger partial charge in [-0.05, 0) is 61.9 Å². The second-order valence-corrected chi connectivity index (χ2v) is 10.1. The van der Waals surface area contributed by atoms with Gasteiger partial charge in [0.2, 0.25) is 5.75 Å².